The lowest BCUT2D eigenvalue weighted by molar-refractivity contribution is 0.250. The second-order valence-electron chi connectivity index (χ2n) is 6.14. The number of nitrogens with zero attached hydrogens (tertiary/aromatic N) is 1. The van der Waals surface area contributed by atoms with Crippen LogP contribution in [0, 0.1) is 5.92 Å². The van der Waals surface area contributed by atoms with Crippen molar-refractivity contribution in [3.63, 3.8) is 0 Å². The normalized spacial score (nSPS) is 16.6. The fourth-order valence-corrected chi connectivity index (χ4v) is 3.10. The number of ether oxygens (including phenoxy) is 1. The van der Waals surface area contributed by atoms with Crippen molar-refractivity contribution in [1.29, 1.82) is 0 Å². The van der Waals surface area contributed by atoms with Gasteiger partial charge in [0.15, 0.2) is 0 Å². The van der Waals surface area contributed by atoms with Crippen molar-refractivity contribution >= 4 is 29.0 Å². The molecule has 2 aromatic rings. The highest BCUT2D eigenvalue weighted by molar-refractivity contribution is 6.30. The number of rotatable bonds is 5. The third kappa shape index (κ3) is 4.79. The Bertz CT molecular complexity index is 704. The first-order valence-electron chi connectivity index (χ1n) is 8.33. The van der Waals surface area contributed by atoms with Gasteiger partial charge in [-0.3, -0.25) is 0 Å². The van der Waals surface area contributed by atoms with E-state index >= 15 is 0 Å². The molecule has 132 valence electrons. The molecule has 0 aromatic heterocycles. The lowest BCUT2D eigenvalue weighted by Gasteiger charge is -2.19. The van der Waals surface area contributed by atoms with Crippen molar-refractivity contribution in [1.82, 2.24) is 5.32 Å². The maximum Gasteiger partial charge on any atom is 0.319 e. The molecule has 0 saturated carbocycles. The van der Waals surface area contributed by atoms with Gasteiger partial charge in [-0.25, -0.2) is 4.79 Å². The molecule has 2 aromatic carbocycles. The predicted octanol–water partition coefficient (Wildman–Crippen LogP) is 4.00. The monoisotopic (exact) mass is 359 g/mol. The average molecular weight is 360 g/mol. The summed E-state index contributed by atoms with van der Waals surface area (Å²) in [7, 11) is 1.67. The zero-order valence-corrected chi connectivity index (χ0v) is 14.9. The minimum absolute atomic E-state index is 0.190. The van der Waals surface area contributed by atoms with Crippen molar-refractivity contribution in [2.24, 2.45) is 5.92 Å². The summed E-state index contributed by atoms with van der Waals surface area (Å²) in [6.45, 7) is 2.59. The summed E-state index contributed by atoms with van der Waals surface area (Å²) in [6.07, 6.45) is 1.06. The van der Waals surface area contributed by atoms with Gasteiger partial charge in [0.1, 0.15) is 5.75 Å². The summed E-state index contributed by atoms with van der Waals surface area (Å²) in [6, 6.07) is 15.0. The van der Waals surface area contributed by atoms with Crippen LogP contribution in [-0.4, -0.2) is 32.8 Å². The average Bonchev–Trinajstić information content (AvgIpc) is 3.11. The Balaban J connectivity index is 1.44. The molecule has 1 heterocycles. The number of amides is 2. The SMILES string of the molecule is COc1ccc(N2CC[C@H](CNC(=O)Nc3ccc(Cl)cc3)C2)cc1. The summed E-state index contributed by atoms with van der Waals surface area (Å²) in [5.41, 5.74) is 1.92. The lowest BCUT2D eigenvalue weighted by Crippen LogP contribution is -2.34. The largest absolute Gasteiger partial charge is 0.497 e. The molecule has 2 amide bonds. The molecule has 1 fully saturated rings. The number of methoxy groups -OCH3 is 1. The molecule has 6 heteroatoms. The Kier molecular flexibility index (Phi) is 5.66. The zero-order valence-electron chi connectivity index (χ0n) is 14.2. The molecular formula is C19H22ClN3O2. The first-order chi connectivity index (χ1) is 12.1. The summed E-state index contributed by atoms with van der Waals surface area (Å²) in [5, 5.41) is 6.41. The van der Waals surface area contributed by atoms with Crippen molar-refractivity contribution in [2.75, 3.05) is 37.0 Å². The Hall–Kier alpha value is -2.40. The van der Waals surface area contributed by atoms with Crippen molar-refractivity contribution in [2.45, 2.75) is 6.42 Å². The highest BCUT2D eigenvalue weighted by Crippen LogP contribution is 2.25. The highest BCUT2D eigenvalue weighted by atomic mass is 35.5. The summed E-state index contributed by atoms with van der Waals surface area (Å²) < 4.78 is 5.19. The van der Waals surface area contributed by atoms with Gasteiger partial charge in [0, 0.05) is 36.0 Å². The number of urea groups is 1. The molecule has 1 atom stereocenters. The van der Waals surface area contributed by atoms with Gasteiger partial charge in [-0.05, 0) is 60.9 Å². The van der Waals surface area contributed by atoms with Crippen LogP contribution in [0.3, 0.4) is 0 Å². The van der Waals surface area contributed by atoms with E-state index < -0.39 is 0 Å². The van der Waals surface area contributed by atoms with E-state index in [4.69, 9.17) is 16.3 Å². The van der Waals surface area contributed by atoms with Gasteiger partial charge in [0.25, 0.3) is 0 Å². The fourth-order valence-electron chi connectivity index (χ4n) is 2.97. The second-order valence-corrected chi connectivity index (χ2v) is 6.58. The van der Waals surface area contributed by atoms with E-state index in [1.165, 1.54) is 5.69 Å². The minimum atomic E-state index is -0.190. The van der Waals surface area contributed by atoms with Crippen LogP contribution >= 0.6 is 11.6 Å². The van der Waals surface area contributed by atoms with Crippen molar-refractivity contribution in [3.8, 4) is 5.75 Å². The van der Waals surface area contributed by atoms with E-state index in [0.717, 1.165) is 30.9 Å². The molecule has 1 saturated heterocycles. The van der Waals surface area contributed by atoms with Crippen molar-refractivity contribution < 1.29 is 9.53 Å². The van der Waals surface area contributed by atoms with Crippen LogP contribution in [0.5, 0.6) is 5.75 Å². The first-order valence-corrected chi connectivity index (χ1v) is 8.71. The lowest BCUT2D eigenvalue weighted by atomic mass is 10.1. The number of hydrogen-bond acceptors (Lipinski definition) is 3. The molecule has 0 bridgehead atoms. The number of nitrogens with one attached hydrogen (secondary N) is 2. The molecule has 25 heavy (non-hydrogen) atoms. The van der Waals surface area contributed by atoms with E-state index in [0.29, 0.717) is 17.5 Å². The maximum atomic E-state index is 12.0. The van der Waals surface area contributed by atoms with Gasteiger partial charge in [0.2, 0.25) is 0 Å². The van der Waals surface area contributed by atoms with Crippen LogP contribution in [0.15, 0.2) is 48.5 Å². The van der Waals surface area contributed by atoms with Gasteiger partial charge in [0.05, 0.1) is 7.11 Å². The first kappa shape index (κ1) is 17.4. The van der Waals surface area contributed by atoms with Gasteiger partial charge < -0.3 is 20.3 Å². The van der Waals surface area contributed by atoms with Gasteiger partial charge >= 0.3 is 6.03 Å². The smallest absolute Gasteiger partial charge is 0.319 e. The highest BCUT2D eigenvalue weighted by Gasteiger charge is 2.23. The van der Waals surface area contributed by atoms with E-state index in [2.05, 4.69) is 27.7 Å². The Labute approximate surface area is 152 Å². The Morgan fingerprint density at radius 1 is 1.20 bits per heavy atom. The van der Waals surface area contributed by atoms with Crippen LogP contribution < -0.4 is 20.3 Å². The quantitative estimate of drug-likeness (QED) is 0.848. The number of halogens is 1. The zero-order chi connectivity index (χ0) is 17.6. The van der Waals surface area contributed by atoms with Gasteiger partial charge in [-0.1, -0.05) is 11.6 Å². The van der Waals surface area contributed by atoms with Crippen LogP contribution in [0.4, 0.5) is 16.2 Å². The van der Waals surface area contributed by atoms with E-state index in [1.807, 2.05) is 12.1 Å². The molecule has 5 nitrogen and oxygen atoms in total. The summed E-state index contributed by atoms with van der Waals surface area (Å²) in [5.74, 6) is 1.30. The van der Waals surface area contributed by atoms with Gasteiger partial charge in [-0.15, -0.1) is 0 Å². The predicted molar refractivity (Wildman–Crippen MR) is 102 cm³/mol. The molecule has 0 unspecified atom stereocenters. The minimum Gasteiger partial charge on any atom is -0.497 e. The molecule has 0 aliphatic carbocycles. The third-order valence-corrected chi connectivity index (χ3v) is 4.63. The molecule has 1 aliphatic rings. The number of benzene rings is 2. The number of anilines is 2. The van der Waals surface area contributed by atoms with E-state index in [-0.39, 0.29) is 6.03 Å². The van der Waals surface area contributed by atoms with Crippen LogP contribution in [0.2, 0.25) is 5.02 Å². The summed E-state index contributed by atoms with van der Waals surface area (Å²) in [4.78, 5) is 14.3. The van der Waals surface area contributed by atoms with E-state index in [1.54, 1.807) is 31.4 Å². The second kappa shape index (κ2) is 8.12. The molecule has 3 rings (SSSR count). The maximum absolute atomic E-state index is 12.0. The summed E-state index contributed by atoms with van der Waals surface area (Å²) >= 11 is 5.84. The number of carbonyl (C=O) groups is 1. The molecule has 1 aliphatic heterocycles. The van der Waals surface area contributed by atoms with Crippen molar-refractivity contribution in [3.05, 3.63) is 53.6 Å². The molecular weight excluding hydrogens is 338 g/mol. The van der Waals surface area contributed by atoms with E-state index in [9.17, 15) is 4.79 Å². The number of carbonyl (C=O) groups excluding carboxylic acids is 1. The van der Waals surface area contributed by atoms with Crippen LogP contribution in [-0.2, 0) is 0 Å². The molecule has 0 radical (unpaired) electrons. The number of hydrogen-bond donors (Lipinski definition) is 2. The topological polar surface area (TPSA) is 53.6 Å². The third-order valence-electron chi connectivity index (χ3n) is 4.38. The molecule has 2 N–H and O–H groups in total. The standard InChI is InChI=1S/C19H22ClN3O2/c1-25-18-8-6-17(7-9-18)23-11-10-14(13-23)12-21-19(24)22-16-4-2-15(20)3-5-16/h2-9,14H,10-13H2,1H3,(H2,21,22,24)/t14-/m1/s1. The van der Waals surface area contributed by atoms with Crippen LogP contribution in [0.1, 0.15) is 6.42 Å². The fraction of sp³-hybridized carbons (Fsp3) is 0.316. The van der Waals surface area contributed by atoms with Gasteiger partial charge in [-0.2, -0.15) is 0 Å². The Morgan fingerprint density at radius 2 is 1.92 bits per heavy atom. The Morgan fingerprint density at radius 3 is 2.60 bits per heavy atom. The molecule has 0 spiro atoms. The van der Waals surface area contributed by atoms with Crippen LogP contribution in [0.25, 0.3) is 0 Å².